The molecule has 1 aromatic carbocycles. The second kappa shape index (κ2) is 5.64. The number of hydrogen-bond donors (Lipinski definition) is 1. The molecule has 3 rings (SSSR count). The fraction of sp³-hybridized carbons (Fsp3) is 0. The Morgan fingerprint density at radius 1 is 1.33 bits per heavy atom. The maximum absolute atomic E-state index is 10.6. The number of carboxylic acid groups (broad SMARTS) is 1. The topological polar surface area (TPSA) is 68.8 Å². The van der Waals surface area contributed by atoms with Gasteiger partial charge >= 0.3 is 51.4 Å². The molecule has 3 aromatic rings. The van der Waals surface area contributed by atoms with E-state index < -0.39 is 5.97 Å². The standard InChI is InChI=1S/C12H8N2O2S.K/c15-12(16)11-14-10(6-17-11)9-5-7-3-1-2-4-8(7)13-9;/h1-6,13H,(H,15,16);/q;+1/p-1. The van der Waals surface area contributed by atoms with Crippen LogP contribution >= 0.6 is 11.3 Å². The predicted molar refractivity (Wildman–Crippen MR) is 63.7 cm³/mol. The molecule has 18 heavy (non-hydrogen) atoms. The second-order valence-corrected chi connectivity index (χ2v) is 4.45. The van der Waals surface area contributed by atoms with Gasteiger partial charge in [-0.3, -0.25) is 0 Å². The second-order valence-electron chi connectivity index (χ2n) is 3.60. The molecule has 0 aliphatic heterocycles. The summed E-state index contributed by atoms with van der Waals surface area (Å²) in [7, 11) is 0. The number of benzene rings is 1. The van der Waals surface area contributed by atoms with Crippen molar-refractivity contribution in [2.75, 3.05) is 0 Å². The van der Waals surface area contributed by atoms with Crippen LogP contribution in [0.2, 0.25) is 0 Å². The zero-order chi connectivity index (χ0) is 11.8. The summed E-state index contributed by atoms with van der Waals surface area (Å²) in [6, 6.07) is 9.79. The van der Waals surface area contributed by atoms with E-state index in [1.54, 1.807) is 5.38 Å². The number of para-hydroxylation sites is 1. The van der Waals surface area contributed by atoms with Gasteiger partial charge in [-0.05, 0) is 12.1 Å². The molecule has 0 unspecified atom stereocenters. The van der Waals surface area contributed by atoms with E-state index >= 15 is 0 Å². The summed E-state index contributed by atoms with van der Waals surface area (Å²) in [5.74, 6) is -1.24. The van der Waals surface area contributed by atoms with E-state index in [4.69, 9.17) is 0 Å². The molecule has 84 valence electrons. The molecule has 4 nitrogen and oxygen atoms in total. The van der Waals surface area contributed by atoms with E-state index in [9.17, 15) is 9.90 Å². The summed E-state index contributed by atoms with van der Waals surface area (Å²) in [6.45, 7) is 0. The smallest absolute Gasteiger partial charge is 0.542 e. The molecular formula is C12H7KN2O2S. The van der Waals surface area contributed by atoms with Crippen LogP contribution in [0, 0.1) is 0 Å². The number of hydrogen-bond acceptors (Lipinski definition) is 4. The minimum Gasteiger partial charge on any atom is -0.542 e. The van der Waals surface area contributed by atoms with Gasteiger partial charge in [0.2, 0.25) is 0 Å². The van der Waals surface area contributed by atoms with Gasteiger partial charge in [0.05, 0.1) is 11.4 Å². The van der Waals surface area contributed by atoms with Crippen LogP contribution in [0.4, 0.5) is 0 Å². The first-order valence-electron chi connectivity index (χ1n) is 4.99. The molecule has 0 saturated carbocycles. The quantitative estimate of drug-likeness (QED) is 0.592. The minimum atomic E-state index is -1.24. The number of nitrogens with one attached hydrogen (secondary N) is 1. The summed E-state index contributed by atoms with van der Waals surface area (Å²) in [5.41, 5.74) is 2.45. The Morgan fingerprint density at radius 3 is 2.78 bits per heavy atom. The summed E-state index contributed by atoms with van der Waals surface area (Å²) in [5, 5.41) is 13.4. The van der Waals surface area contributed by atoms with Crippen molar-refractivity contribution in [3.63, 3.8) is 0 Å². The Morgan fingerprint density at radius 2 is 2.11 bits per heavy atom. The van der Waals surface area contributed by atoms with Crippen LogP contribution in [-0.4, -0.2) is 15.9 Å². The maximum Gasteiger partial charge on any atom is 1.00 e. The fourth-order valence-corrected chi connectivity index (χ4v) is 2.35. The summed E-state index contributed by atoms with van der Waals surface area (Å²) < 4.78 is 0. The first kappa shape index (κ1) is 13.9. The van der Waals surface area contributed by atoms with Crippen molar-refractivity contribution in [2.45, 2.75) is 0 Å². The van der Waals surface area contributed by atoms with E-state index in [2.05, 4.69) is 9.97 Å². The van der Waals surface area contributed by atoms with Crippen molar-refractivity contribution in [3.8, 4) is 11.4 Å². The number of carbonyl (C=O) groups excluding carboxylic acids is 1. The van der Waals surface area contributed by atoms with Crippen molar-refractivity contribution < 1.29 is 61.3 Å². The van der Waals surface area contributed by atoms with Gasteiger partial charge in [-0.2, -0.15) is 0 Å². The molecule has 0 saturated heterocycles. The average Bonchev–Trinajstić information content (AvgIpc) is 2.95. The monoisotopic (exact) mass is 282 g/mol. The molecule has 0 amide bonds. The number of aromatic nitrogens is 2. The third-order valence-electron chi connectivity index (χ3n) is 2.48. The number of thiazole rings is 1. The van der Waals surface area contributed by atoms with Crippen LogP contribution in [0.1, 0.15) is 9.80 Å². The molecule has 2 aromatic heterocycles. The van der Waals surface area contributed by atoms with Crippen molar-refractivity contribution >= 4 is 28.2 Å². The average molecular weight is 282 g/mol. The molecule has 0 aliphatic carbocycles. The van der Waals surface area contributed by atoms with Gasteiger partial charge < -0.3 is 14.9 Å². The number of nitrogens with zero attached hydrogens (tertiary/aromatic N) is 1. The van der Waals surface area contributed by atoms with Gasteiger partial charge in [0.1, 0.15) is 11.0 Å². The van der Waals surface area contributed by atoms with Gasteiger partial charge in [-0.1, -0.05) is 18.2 Å². The van der Waals surface area contributed by atoms with Crippen molar-refractivity contribution in [1.82, 2.24) is 9.97 Å². The van der Waals surface area contributed by atoms with E-state index in [1.165, 1.54) is 0 Å². The van der Waals surface area contributed by atoms with Crippen molar-refractivity contribution in [2.24, 2.45) is 0 Å². The number of carbonyl (C=O) groups is 1. The van der Waals surface area contributed by atoms with Crippen molar-refractivity contribution in [1.29, 1.82) is 0 Å². The van der Waals surface area contributed by atoms with E-state index in [-0.39, 0.29) is 56.4 Å². The molecule has 1 N–H and O–H groups in total. The largest absolute Gasteiger partial charge is 1.00 e. The summed E-state index contributed by atoms with van der Waals surface area (Å²) in [4.78, 5) is 17.8. The predicted octanol–water partition coefficient (Wildman–Crippen LogP) is -1.34. The van der Waals surface area contributed by atoms with Gasteiger partial charge in [0.15, 0.2) is 0 Å². The Bertz CT molecular complexity index is 672. The van der Waals surface area contributed by atoms with Crippen LogP contribution in [0.5, 0.6) is 0 Å². The van der Waals surface area contributed by atoms with Gasteiger partial charge in [0, 0.05) is 16.3 Å². The molecule has 0 fully saturated rings. The first-order valence-corrected chi connectivity index (χ1v) is 5.87. The fourth-order valence-electron chi connectivity index (χ4n) is 1.70. The van der Waals surface area contributed by atoms with Gasteiger partial charge in [-0.25, -0.2) is 4.98 Å². The Kier molecular flexibility index (Phi) is 4.36. The molecule has 2 heterocycles. The first-order chi connectivity index (χ1) is 8.24. The molecule has 0 spiro atoms. The zero-order valence-corrected chi connectivity index (χ0v) is 13.6. The van der Waals surface area contributed by atoms with E-state index in [0.717, 1.165) is 27.9 Å². The Balaban J connectivity index is 0.00000120. The van der Waals surface area contributed by atoms with Crippen LogP contribution in [0.15, 0.2) is 35.7 Å². The number of aromatic carboxylic acids is 1. The molecular weight excluding hydrogens is 275 g/mol. The number of rotatable bonds is 2. The Hall–Kier alpha value is -0.504. The third-order valence-corrected chi connectivity index (χ3v) is 3.31. The summed E-state index contributed by atoms with van der Waals surface area (Å²) in [6.07, 6.45) is 0. The number of aromatic amines is 1. The van der Waals surface area contributed by atoms with Crippen LogP contribution in [0.25, 0.3) is 22.3 Å². The van der Waals surface area contributed by atoms with Crippen molar-refractivity contribution in [3.05, 3.63) is 40.7 Å². The van der Waals surface area contributed by atoms with E-state index in [1.807, 2.05) is 30.3 Å². The Labute approximate surface area is 149 Å². The SMILES string of the molecule is O=C([O-])c1nc(-c2cc3ccccc3[nH]2)cs1.[K+]. The minimum absolute atomic E-state index is 0. The molecule has 6 heteroatoms. The van der Waals surface area contributed by atoms with E-state index in [0.29, 0.717) is 5.69 Å². The van der Waals surface area contributed by atoms with Gasteiger partial charge in [-0.15, -0.1) is 11.3 Å². The molecule has 0 atom stereocenters. The van der Waals surface area contributed by atoms with Crippen LogP contribution < -0.4 is 56.5 Å². The molecule has 0 bridgehead atoms. The molecule has 0 aliphatic rings. The summed E-state index contributed by atoms with van der Waals surface area (Å²) >= 11 is 1.07. The maximum atomic E-state index is 10.6. The van der Waals surface area contributed by atoms with Crippen LogP contribution in [0.3, 0.4) is 0 Å². The zero-order valence-electron chi connectivity index (χ0n) is 9.64. The number of carboxylic acids is 1. The normalized spacial score (nSPS) is 10.2. The van der Waals surface area contributed by atoms with Crippen LogP contribution in [-0.2, 0) is 0 Å². The molecule has 0 radical (unpaired) electrons. The number of fused-ring (bicyclic) bond motifs is 1. The third kappa shape index (κ3) is 2.58. The van der Waals surface area contributed by atoms with Gasteiger partial charge in [0.25, 0.3) is 0 Å². The number of H-pyrrole nitrogens is 1.